The van der Waals surface area contributed by atoms with Crippen molar-refractivity contribution in [3.63, 3.8) is 0 Å². The van der Waals surface area contributed by atoms with Gasteiger partial charge in [-0.1, -0.05) is 19.9 Å². The van der Waals surface area contributed by atoms with Gasteiger partial charge in [0, 0.05) is 0 Å². The number of benzene rings is 1. The van der Waals surface area contributed by atoms with Crippen molar-refractivity contribution in [2.75, 3.05) is 0 Å². The molecule has 0 heterocycles. The molecule has 0 radical (unpaired) electrons. The third-order valence-corrected chi connectivity index (χ3v) is 1.95. The van der Waals surface area contributed by atoms with Crippen LogP contribution in [0.4, 0.5) is 0 Å². The molecule has 0 fully saturated rings. The molecule has 0 spiro atoms. The first-order valence-corrected chi connectivity index (χ1v) is 6.43. The van der Waals surface area contributed by atoms with Gasteiger partial charge in [0.1, 0.15) is 5.75 Å². The standard InChI is InChI=1S/C10H14O.H3O4P/c1-3-8-5-6-10(11)7-9(8)4-2;1-5(2,3)4/h5-7,11H,3-4H2,1-2H3;(H3,1,2,3,4). The summed E-state index contributed by atoms with van der Waals surface area (Å²) in [6.45, 7) is 4.24. The van der Waals surface area contributed by atoms with E-state index in [1.54, 1.807) is 6.07 Å². The Morgan fingerprint density at radius 3 is 1.88 bits per heavy atom. The molecule has 0 amide bonds. The van der Waals surface area contributed by atoms with Crippen LogP contribution in [0.5, 0.6) is 5.75 Å². The highest BCUT2D eigenvalue weighted by Gasteiger charge is 2.00. The van der Waals surface area contributed by atoms with Gasteiger partial charge in [0.05, 0.1) is 0 Å². The maximum atomic E-state index is 9.16. The van der Waals surface area contributed by atoms with E-state index in [-0.39, 0.29) is 0 Å². The molecule has 0 atom stereocenters. The van der Waals surface area contributed by atoms with Crippen LogP contribution < -0.4 is 0 Å². The Balaban J connectivity index is 0.000000385. The zero-order valence-electron chi connectivity index (χ0n) is 9.29. The second kappa shape index (κ2) is 6.66. The van der Waals surface area contributed by atoms with Crippen LogP contribution in [0.25, 0.3) is 0 Å². The molecule has 0 saturated heterocycles. The second-order valence-electron chi connectivity index (χ2n) is 3.17. The zero-order valence-corrected chi connectivity index (χ0v) is 10.2. The summed E-state index contributed by atoms with van der Waals surface area (Å²) in [7, 11) is -4.64. The van der Waals surface area contributed by atoms with Gasteiger partial charge in [0.2, 0.25) is 0 Å². The minimum absolute atomic E-state index is 0.374. The maximum absolute atomic E-state index is 9.16. The fraction of sp³-hybridized carbons (Fsp3) is 0.400. The van der Waals surface area contributed by atoms with Crippen LogP contribution in [0.1, 0.15) is 25.0 Å². The predicted molar refractivity (Wildman–Crippen MR) is 61.1 cm³/mol. The van der Waals surface area contributed by atoms with Gasteiger partial charge >= 0.3 is 7.82 Å². The molecular weight excluding hydrogens is 231 g/mol. The van der Waals surface area contributed by atoms with Crippen LogP contribution in [0.3, 0.4) is 0 Å². The number of aromatic hydroxyl groups is 1. The van der Waals surface area contributed by atoms with Gasteiger partial charge < -0.3 is 19.8 Å². The van der Waals surface area contributed by atoms with E-state index < -0.39 is 7.82 Å². The average Bonchev–Trinajstić information content (AvgIpc) is 2.15. The second-order valence-corrected chi connectivity index (χ2v) is 4.20. The molecule has 0 aliphatic carbocycles. The molecule has 6 heteroatoms. The molecule has 1 aromatic rings. The number of hydrogen-bond acceptors (Lipinski definition) is 2. The minimum atomic E-state index is -4.64. The van der Waals surface area contributed by atoms with Crippen LogP contribution in [0.2, 0.25) is 0 Å². The lowest BCUT2D eigenvalue weighted by atomic mass is 10.0. The van der Waals surface area contributed by atoms with Crippen molar-refractivity contribution in [3.8, 4) is 5.75 Å². The number of aryl methyl sites for hydroxylation is 2. The van der Waals surface area contributed by atoms with Crippen molar-refractivity contribution in [2.24, 2.45) is 0 Å². The molecule has 4 N–H and O–H groups in total. The van der Waals surface area contributed by atoms with E-state index in [1.165, 1.54) is 11.1 Å². The SMILES string of the molecule is CCc1ccc(O)cc1CC.O=P(O)(O)O. The number of phenols is 1. The van der Waals surface area contributed by atoms with Crippen LogP contribution >= 0.6 is 7.82 Å². The van der Waals surface area contributed by atoms with E-state index in [1.807, 2.05) is 12.1 Å². The monoisotopic (exact) mass is 248 g/mol. The van der Waals surface area contributed by atoms with Crippen LogP contribution in [0, 0.1) is 0 Å². The molecule has 0 aliphatic heterocycles. The quantitative estimate of drug-likeness (QED) is 0.596. The summed E-state index contributed by atoms with van der Waals surface area (Å²) >= 11 is 0. The first-order chi connectivity index (χ1) is 7.27. The molecule has 0 aromatic heterocycles. The van der Waals surface area contributed by atoms with Gasteiger partial charge in [0.25, 0.3) is 0 Å². The van der Waals surface area contributed by atoms with Crippen molar-refractivity contribution < 1.29 is 24.4 Å². The number of phosphoric acid groups is 1. The minimum Gasteiger partial charge on any atom is -0.508 e. The van der Waals surface area contributed by atoms with Crippen LogP contribution in [0.15, 0.2) is 18.2 Å². The molecule has 0 aliphatic rings. The summed E-state index contributed by atoms with van der Waals surface area (Å²) < 4.78 is 8.88. The Bertz CT molecular complexity index is 363. The van der Waals surface area contributed by atoms with E-state index in [2.05, 4.69) is 13.8 Å². The molecule has 16 heavy (non-hydrogen) atoms. The molecular formula is C10H17O5P. The molecule has 92 valence electrons. The van der Waals surface area contributed by atoms with Crippen molar-refractivity contribution in [3.05, 3.63) is 29.3 Å². The van der Waals surface area contributed by atoms with Crippen molar-refractivity contribution >= 4 is 7.82 Å². The lowest BCUT2D eigenvalue weighted by molar-refractivity contribution is 0.275. The van der Waals surface area contributed by atoms with Gasteiger partial charge in [-0.05, 0) is 36.1 Å². The Kier molecular flexibility index (Phi) is 6.29. The highest BCUT2D eigenvalue weighted by atomic mass is 31.2. The maximum Gasteiger partial charge on any atom is 0.466 e. The van der Waals surface area contributed by atoms with Crippen molar-refractivity contribution in [1.29, 1.82) is 0 Å². The summed E-state index contributed by atoms with van der Waals surface area (Å²) in [5.41, 5.74) is 2.60. The fourth-order valence-electron chi connectivity index (χ4n) is 1.29. The third kappa shape index (κ3) is 7.43. The first-order valence-electron chi connectivity index (χ1n) is 4.87. The van der Waals surface area contributed by atoms with E-state index in [0.29, 0.717) is 5.75 Å². The number of rotatable bonds is 2. The van der Waals surface area contributed by atoms with Crippen molar-refractivity contribution in [1.82, 2.24) is 0 Å². The highest BCUT2D eigenvalue weighted by molar-refractivity contribution is 7.45. The highest BCUT2D eigenvalue weighted by Crippen LogP contribution is 2.25. The van der Waals surface area contributed by atoms with E-state index in [0.717, 1.165) is 12.8 Å². The fourth-order valence-corrected chi connectivity index (χ4v) is 1.29. The Hall–Kier alpha value is -0.870. The third-order valence-electron chi connectivity index (χ3n) is 1.95. The lowest BCUT2D eigenvalue weighted by Gasteiger charge is -2.04. The predicted octanol–water partition coefficient (Wildman–Crippen LogP) is 1.59. The molecule has 5 nitrogen and oxygen atoms in total. The summed E-state index contributed by atoms with van der Waals surface area (Å²) in [5, 5.41) is 9.16. The molecule has 0 saturated carbocycles. The van der Waals surface area contributed by atoms with Gasteiger partial charge in [0.15, 0.2) is 0 Å². The molecule has 1 aromatic carbocycles. The number of hydrogen-bond donors (Lipinski definition) is 4. The number of phenolic OH excluding ortho intramolecular Hbond substituents is 1. The first kappa shape index (κ1) is 15.1. The van der Waals surface area contributed by atoms with Crippen molar-refractivity contribution in [2.45, 2.75) is 26.7 Å². The van der Waals surface area contributed by atoms with E-state index >= 15 is 0 Å². The van der Waals surface area contributed by atoms with Gasteiger partial charge in [-0.3, -0.25) is 0 Å². The summed E-state index contributed by atoms with van der Waals surface area (Å²) in [6, 6.07) is 5.59. The normalized spacial score (nSPS) is 10.6. The van der Waals surface area contributed by atoms with Gasteiger partial charge in [-0.25, -0.2) is 4.57 Å². The van der Waals surface area contributed by atoms with Gasteiger partial charge in [-0.15, -0.1) is 0 Å². The van der Waals surface area contributed by atoms with Crippen LogP contribution in [-0.4, -0.2) is 19.8 Å². The Morgan fingerprint density at radius 1 is 1.06 bits per heavy atom. The van der Waals surface area contributed by atoms with E-state index in [9.17, 15) is 0 Å². The Morgan fingerprint density at radius 2 is 1.50 bits per heavy atom. The largest absolute Gasteiger partial charge is 0.508 e. The molecule has 0 bridgehead atoms. The smallest absolute Gasteiger partial charge is 0.466 e. The topological polar surface area (TPSA) is 98.0 Å². The average molecular weight is 248 g/mol. The molecule has 0 unspecified atom stereocenters. The zero-order chi connectivity index (χ0) is 12.8. The lowest BCUT2D eigenvalue weighted by Crippen LogP contribution is -1.89. The van der Waals surface area contributed by atoms with Gasteiger partial charge in [-0.2, -0.15) is 0 Å². The van der Waals surface area contributed by atoms with E-state index in [4.69, 9.17) is 24.4 Å². The summed E-state index contributed by atoms with van der Waals surface area (Å²) in [6.07, 6.45) is 2.04. The summed E-state index contributed by atoms with van der Waals surface area (Å²) in [4.78, 5) is 21.6. The summed E-state index contributed by atoms with van der Waals surface area (Å²) in [5.74, 6) is 0.374. The Labute approximate surface area is 94.6 Å². The molecule has 1 rings (SSSR count). The van der Waals surface area contributed by atoms with Crippen LogP contribution in [-0.2, 0) is 17.4 Å².